The molecule has 0 radical (unpaired) electrons. The van der Waals surface area contributed by atoms with Gasteiger partial charge in [-0.25, -0.2) is 0 Å². The molecule has 2 fully saturated rings. The van der Waals surface area contributed by atoms with Crippen molar-refractivity contribution in [3.05, 3.63) is 35.9 Å². The average molecular weight is 243 g/mol. The minimum Gasteiger partial charge on any atom is -0.327 e. The van der Waals surface area contributed by atoms with Crippen LogP contribution in [0.5, 0.6) is 0 Å². The Morgan fingerprint density at radius 1 is 0.944 bits per heavy atom. The molecule has 0 saturated heterocycles. The predicted molar refractivity (Wildman–Crippen MR) is 76.5 cm³/mol. The van der Waals surface area contributed by atoms with Crippen molar-refractivity contribution in [2.45, 2.75) is 62.8 Å². The molecule has 1 heteroatoms. The van der Waals surface area contributed by atoms with E-state index in [1.54, 1.807) is 0 Å². The lowest BCUT2D eigenvalue weighted by Crippen LogP contribution is -2.54. The Morgan fingerprint density at radius 3 is 2.17 bits per heavy atom. The third-order valence-electron chi connectivity index (χ3n) is 5.39. The molecule has 18 heavy (non-hydrogen) atoms. The second kappa shape index (κ2) is 5.05. The van der Waals surface area contributed by atoms with Crippen LogP contribution in [0.3, 0.4) is 0 Å². The van der Waals surface area contributed by atoms with E-state index in [4.69, 9.17) is 5.73 Å². The highest BCUT2D eigenvalue weighted by molar-refractivity contribution is 5.30. The summed E-state index contributed by atoms with van der Waals surface area (Å²) in [4.78, 5) is 0. The largest absolute Gasteiger partial charge is 0.327 e. The molecular weight excluding hydrogens is 218 g/mol. The molecule has 2 N–H and O–H groups in total. The minimum atomic E-state index is 0.309. The van der Waals surface area contributed by atoms with Gasteiger partial charge in [-0.2, -0.15) is 0 Å². The van der Waals surface area contributed by atoms with Gasteiger partial charge in [0.1, 0.15) is 0 Å². The third-order valence-corrected chi connectivity index (χ3v) is 5.39. The summed E-state index contributed by atoms with van der Waals surface area (Å²) < 4.78 is 0. The van der Waals surface area contributed by atoms with Gasteiger partial charge in [0.05, 0.1) is 0 Å². The molecule has 0 aromatic heterocycles. The minimum absolute atomic E-state index is 0.309. The van der Waals surface area contributed by atoms with Gasteiger partial charge in [0, 0.05) is 11.5 Å². The second-order valence-electron chi connectivity index (χ2n) is 6.30. The van der Waals surface area contributed by atoms with E-state index in [1.165, 1.54) is 56.9 Å². The quantitative estimate of drug-likeness (QED) is 0.852. The lowest BCUT2D eigenvalue weighted by molar-refractivity contribution is 0.132. The number of rotatable bonds is 3. The van der Waals surface area contributed by atoms with Gasteiger partial charge in [0.2, 0.25) is 0 Å². The van der Waals surface area contributed by atoms with Crippen molar-refractivity contribution in [1.29, 1.82) is 0 Å². The summed E-state index contributed by atoms with van der Waals surface area (Å²) in [5.74, 6) is 0.763. The zero-order chi connectivity index (χ0) is 12.4. The SMILES string of the molecule is NC(C1CCCCC1)C1(c2ccccc2)CCC1. The van der Waals surface area contributed by atoms with Crippen molar-refractivity contribution in [2.24, 2.45) is 11.7 Å². The van der Waals surface area contributed by atoms with Crippen LogP contribution in [0.1, 0.15) is 56.9 Å². The fourth-order valence-electron chi connectivity index (χ4n) is 4.09. The first-order chi connectivity index (χ1) is 8.83. The summed E-state index contributed by atoms with van der Waals surface area (Å²) in [6.07, 6.45) is 10.9. The molecule has 2 saturated carbocycles. The standard InChI is InChI=1S/C17H25N/c18-16(14-8-3-1-4-9-14)17(12-7-13-17)15-10-5-2-6-11-15/h2,5-6,10-11,14,16H,1,3-4,7-9,12-13,18H2. The molecule has 2 aliphatic carbocycles. The van der Waals surface area contributed by atoms with Gasteiger partial charge < -0.3 is 5.73 Å². The first-order valence-electron chi connectivity index (χ1n) is 7.64. The van der Waals surface area contributed by atoms with E-state index in [9.17, 15) is 0 Å². The van der Waals surface area contributed by atoms with Gasteiger partial charge in [0.25, 0.3) is 0 Å². The van der Waals surface area contributed by atoms with Crippen molar-refractivity contribution in [2.75, 3.05) is 0 Å². The smallest absolute Gasteiger partial charge is 0.0165 e. The van der Waals surface area contributed by atoms with Crippen LogP contribution in [-0.2, 0) is 5.41 Å². The molecule has 1 aromatic rings. The van der Waals surface area contributed by atoms with E-state index in [0.29, 0.717) is 11.5 Å². The highest BCUT2D eigenvalue weighted by atomic mass is 14.7. The fourth-order valence-corrected chi connectivity index (χ4v) is 4.09. The van der Waals surface area contributed by atoms with Crippen molar-refractivity contribution < 1.29 is 0 Å². The summed E-state index contributed by atoms with van der Waals surface area (Å²) >= 11 is 0. The third kappa shape index (κ3) is 1.99. The second-order valence-corrected chi connectivity index (χ2v) is 6.30. The van der Waals surface area contributed by atoms with Crippen LogP contribution in [0.2, 0.25) is 0 Å². The van der Waals surface area contributed by atoms with E-state index in [1.807, 2.05) is 0 Å². The van der Waals surface area contributed by atoms with E-state index in [-0.39, 0.29) is 0 Å². The number of benzene rings is 1. The first-order valence-corrected chi connectivity index (χ1v) is 7.64. The maximum atomic E-state index is 6.72. The molecule has 1 unspecified atom stereocenters. The van der Waals surface area contributed by atoms with Gasteiger partial charge >= 0.3 is 0 Å². The fraction of sp³-hybridized carbons (Fsp3) is 0.647. The summed E-state index contributed by atoms with van der Waals surface area (Å²) in [5.41, 5.74) is 8.52. The lowest BCUT2D eigenvalue weighted by atomic mass is 9.56. The Labute approximate surface area is 111 Å². The van der Waals surface area contributed by atoms with Gasteiger partial charge in [-0.05, 0) is 37.2 Å². The van der Waals surface area contributed by atoms with Crippen LogP contribution < -0.4 is 5.73 Å². The van der Waals surface area contributed by atoms with Crippen molar-refractivity contribution in [3.63, 3.8) is 0 Å². The van der Waals surface area contributed by atoms with Crippen LogP contribution in [0.25, 0.3) is 0 Å². The van der Waals surface area contributed by atoms with E-state index >= 15 is 0 Å². The number of nitrogens with two attached hydrogens (primary N) is 1. The topological polar surface area (TPSA) is 26.0 Å². The molecular formula is C17H25N. The number of hydrogen-bond donors (Lipinski definition) is 1. The lowest BCUT2D eigenvalue weighted by Gasteiger charge is -2.50. The van der Waals surface area contributed by atoms with Crippen LogP contribution in [0.4, 0.5) is 0 Å². The molecule has 1 aromatic carbocycles. The summed E-state index contributed by atoms with van der Waals surface area (Å²) in [6, 6.07) is 11.4. The average Bonchev–Trinajstić information content (AvgIpc) is 2.40. The molecule has 1 atom stereocenters. The molecule has 0 heterocycles. The zero-order valence-corrected chi connectivity index (χ0v) is 11.3. The highest BCUT2D eigenvalue weighted by Gasteiger charge is 2.46. The van der Waals surface area contributed by atoms with Gasteiger partial charge in [-0.3, -0.25) is 0 Å². The van der Waals surface area contributed by atoms with Crippen LogP contribution in [0.15, 0.2) is 30.3 Å². The highest BCUT2D eigenvalue weighted by Crippen LogP contribution is 2.49. The Bertz CT molecular complexity index is 374. The molecule has 0 aliphatic heterocycles. The van der Waals surface area contributed by atoms with Crippen molar-refractivity contribution >= 4 is 0 Å². The summed E-state index contributed by atoms with van der Waals surface area (Å²) in [5, 5.41) is 0. The Balaban J connectivity index is 1.82. The zero-order valence-electron chi connectivity index (χ0n) is 11.3. The van der Waals surface area contributed by atoms with E-state index in [0.717, 1.165) is 5.92 Å². The van der Waals surface area contributed by atoms with Crippen molar-refractivity contribution in [3.8, 4) is 0 Å². The maximum Gasteiger partial charge on any atom is 0.0165 e. The van der Waals surface area contributed by atoms with E-state index < -0.39 is 0 Å². The molecule has 1 nitrogen and oxygen atoms in total. The Hall–Kier alpha value is -0.820. The monoisotopic (exact) mass is 243 g/mol. The summed E-state index contributed by atoms with van der Waals surface area (Å²) in [7, 11) is 0. The van der Waals surface area contributed by atoms with E-state index in [2.05, 4.69) is 30.3 Å². The van der Waals surface area contributed by atoms with Gasteiger partial charge in [-0.1, -0.05) is 56.0 Å². The Morgan fingerprint density at radius 2 is 1.61 bits per heavy atom. The molecule has 3 rings (SSSR count). The molecule has 0 amide bonds. The van der Waals surface area contributed by atoms with Crippen molar-refractivity contribution in [1.82, 2.24) is 0 Å². The van der Waals surface area contributed by atoms with Crippen LogP contribution in [0, 0.1) is 5.92 Å². The number of hydrogen-bond acceptors (Lipinski definition) is 1. The first kappa shape index (κ1) is 12.2. The summed E-state index contributed by atoms with van der Waals surface area (Å²) in [6.45, 7) is 0. The van der Waals surface area contributed by atoms with Crippen LogP contribution in [-0.4, -0.2) is 6.04 Å². The molecule has 98 valence electrons. The van der Waals surface area contributed by atoms with Gasteiger partial charge in [0.15, 0.2) is 0 Å². The maximum absolute atomic E-state index is 6.72. The Kier molecular flexibility index (Phi) is 3.43. The molecule has 0 spiro atoms. The van der Waals surface area contributed by atoms with Crippen LogP contribution >= 0.6 is 0 Å². The molecule has 0 bridgehead atoms. The molecule has 2 aliphatic rings. The normalized spacial score (nSPS) is 25.4. The van der Waals surface area contributed by atoms with Gasteiger partial charge in [-0.15, -0.1) is 0 Å². The predicted octanol–water partition coefficient (Wildman–Crippen LogP) is 4.02.